The van der Waals surface area contributed by atoms with Gasteiger partial charge < -0.3 is 4.52 Å². The zero-order valence-corrected chi connectivity index (χ0v) is 9.79. The van der Waals surface area contributed by atoms with Gasteiger partial charge in [0.15, 0.2) is 0 Å². The fraction of sp³-hybridized carbons (Fsp3) is 0. The number of benzene rings is 1. The molecule has 0 unspecified atom stereocenters. The van der Waals surface area contributed by atoms with Crippen molar-refractivity contribution in [3.63, 3.8) is 0 Å². The van der Waals surface area contributed by atoms with Crippen LogP contribution in [0.25, 0.3) is 11.4 Å². The maximum absolute atomic E-state index is 11.1. The highest BCUT2D eigenvalue weighted by atomic mass is 35.5. The summed E-state index contributed by atoms with van der Waals surface area (Å²) in [6, 6.07) is 4.94. The van der Waals surface area contributed by atoms with Gasteiger partial charge in [0, 0.05) is 0 Å². The second-order valence-corrected chi connectivity index (χ2v) is 3.81. The summed E-state index contributed by atoms with van der Waals surface area (Å²) in [5.74, 6) is 4.10. The van der Waals surface area contributed by atoms with Gasteiger partial charge in [0.1, 0.15) is 0 Å². The van der Waals surface area contributed by atoms with E-state index in [0.29, 0.717) is 15.6 Å². The Bertz CT molecular complexity index is 550. The van der Waals surface area contributed by atoms with Crippen LogP contribution in [0, 0.1) is 0 Å². The Morgan fingerprint density at radius 2 is 2.00 bits per heavy atom. The van der Waals surface area contributed by atoms with Crippen LogP contribution in [0.15, 0.2) is 22.7 Å². The molecule has 6 nitrogen and oxygen atoms in total. The number of rotatable bonds is 2. The Labute approximate surface area is 106 Å². The molecule has 1 aromatic heterocycles. The van der Waals surface area contributed by atoms with Crippen molar-refractivity contribution >= 4 is 29.1 Å². The summed E-state index contributed by atoms with van der Waals surface area (Å²) in [5, 5.41) is 4.32. The molecular weight excluding hydrogens is 267 g/mol. The lowest BCUT2D eigenvalue weighted by atomic mass is 10.2. The number of nitrogens with two attached hydrogens (primary N) is 1. The Kier molecular flexibility index (Phi) is 3.28. The second kappa shape index (κ2) is 4.70. The van der Waals surface area contributed by atoms with Crippen LogP contribution in [0.3, 0.4) is 0 Å². The molecule has 0 radical (unpaired) electrons. The van der Waals surface area contributed by atoms with Gasteiger partial charge in [0.2, 0.25) is 5.82 Å². The smallest absolute Gasteiger partial charge is 0.323 e. The first-order valence-electron chi connectivity index (χ1n) is 4.42. The predicted molar refractivity (Wildman–Crippen MR) is 61.4 cm³/mol. The molecule has 3 N–H and O–H groups in total. The monoisotopic (exact) mass is 272 g/mol. The van der Waals surface area contributed by atoms with Crippen molar-refractivity contribution in [2.45, 2.75) is 0 Å². The number of halogens is 2. The quantitative estimate of drug-likeness (QED) is 0.493. The largest absolute Gasteiger partial charge is 0.328 e. The molecule has 88 valence electrons. The summed E-state index contributed by atoms with van der Waals surface area (Å²) in [6.07, 6.45) is 0. The number of hydrogen-bond donors (Lipinski definition) is 2. The highest BCUT2D eigenvalue weighted by Crippen LogP contribution is 2.32. The van der Waals surface area contributed by atoms with Crippen LogP contribution in [0.4, 0.5) is 0 Å². The van der Waals surface area contributed by atoms with E-state index in [0.717, 1.165) is 0 Å². The van der Waals surface area contributed by atoms with Crippen molar-refractivity contribution in [2.24, 2.45) is 5.84 Å². The summed E-state index contributed by atoms with van der Waals surface area (Å²) in [4.78, 5) is 15.0. The number of carbonyl (C=O) groups excluding carboxylic acids is 1. The molecule has 17 heavy (non-hydrogen) atoms. The van der Waals surface area contributed by atoms with Gasteiger partial charge in [-0.15, -0.1) is 0 Å². The van der Waals surface area contributed by atoms with E-state index in [1.54, 1.807) is 18.2 Å². The average Bonchev–Trinajstić information content (AvgIpc) is 2.77. The van der Waals surface area contributed by atoms with Crippen LogP contribution < -0.4 is 11.3 Å². The van der Waals surface area contributed by atoms with Crippen molar-refractivity contribution in [3.8, 4) is 11.4 Å². The summed E-state index contributed by atoms with van der Waals surface area (Å²) in [7, 11) is 0. The zero-order chi connectivity index (χ0) is 12.4. The fourth-order valence-corrected chi connectivity index (χ4v) is 1.76. The molecule has 2 aromatic rings. The van der Waals surface area contributed by atoms with Crippen molar-refractivity contribution < 1.29 is 9.32 Å². The van der Waals surface area contributed by atoms with Crippen LogP contribution in [-0.2, 0) is 0 Å². The molecule has 1 amide bonds. The number of aromatic nitrogens is 2. The third-order valence-corrected chi connectivity index (χ3v) is 2.57. The van der Waals surface area contributed by atoms with E-state index < -0.39 is 5.91 Å². The number of hydrogen-bond acceptors (Lipinski definition) is 5. The molecule has 0 aliphatic rings. The third-order valence-electron chi connectivity index (χ3n) is 1.94. The molecule has 0 bridgehead atoms. The molecule has 0 fully saturated rings. The van der Waals surface area contributed by atoms with Gasteiger partial charge in [-0.05, 0) is 12.1 Å². The SMILES string of the molecule is NNC(=O)c1nc(-c2c(Cl)cccc2Cl)no1. The molecule has 8 heteroatoms. The first kappa shape index (κ1) is 11.8. The Hall–Kier alpha value is -1.63. The lowest BCUT2D eigenvalue weighted by Gasteiger charge is -2.00. The molecule has 0 atom stereocenters. The van der Waals surface area contributed by atoms with Gasteiger partial charge in [-0.25, -0.2) is 5.84 Å². The van der Waals surface area contributed by atoms with E-state index in [-0.39, 0.29) is 11.7 Å². The van der Waals surface area contributed by atoms with Gasteiger partial charge >= 0.3 is 11.8 Å². The molecule has 0 spiro atoms. The number of nitrogen functional groups attached to an aromatic ring is 1. The van der Waals surface area contributed by atoms with Crippen molar-refractivity contribution in [2.75, 3.05) is 0 Å². The highest BCUT2D eigenvalue weighted by Gasteiger charge is 2.18. The maximum Gasteiger partial charge on any atom is 0.323 e. The van der Waals surface area contributed by atoms with E-state index in [1.165, 1.54) is 0 Å². The van der Waals surface area contributed by atoms with Crippen LogP contribution in [0.5, 0.6) is 0 Å². The Balaban J connectivity index is 2.47. The second-order valence-electron chi connectivity index (χ2n) is 2.99. The van der Waals surface area contributed by atoms with Gasteiger partial charge in [-0.3, -0.25) is 10.2 Å². The first-order chi connectivity index (χ1) is 8.13. The average molecular weight is 273 g/mol. The summed E-state index contributed by atoms with van der Waals surface area (Å²) in [6.45, 7) is 0. The van der Waals surface area contributed by atoms with Crippen molar-refractivity contribution in [3.05, 3.63) is 34.1 Å². The van der Waals surface area contributed by atoms with Crippen LogP contribution in [0.2, 0.25) is 10.0 Å². The standard InChI is InChI=1S/C9H6Cl2N4O2/c10-4-2-1-3-5(11)6(4)7-13-9(17-15-7)8(16)14-12/h1-3H,12H2,(H,14,16). The van der Waals surface area contributed by atoms with Crippen LogP contribution in [-0.4, -0.2) is 16.0 Å². The summed E-state index contributed by atoms with van der Waals surface area (Å²) < 4.78 is 4.71. The highest BCUT2D eigenvalue weighted by molar-refractivity contribution is 6.38. The molecule has 1 aromatic carbocycles. The minimum atomic E-state index is -0.688. The van der Waals surface area contributed by atoms with Crippen LogP contribution >= 0.6 is 23.2 Å². The first-order valence-corrected chi connectivity index (χ1v) is 5.18. The van der Waals surface area contributed by atoms with E-state index >= 15 is 0 Å². The number of hydrazine groups is 1. The number of amides is 1. The van der Waals surface area contributed by atoms with E-state index in [4.69, 9.17) is 33.6 Å². The molecule has 0 aliphatic heterocycles. The normalized spacial score (nSPS) is 10.3. The molecule has 2 rings (SSSR count). The minimum absolute atomic E-state index is 0.124. The predicted octanol–water partition coefficient (Wildman–Crippen LogP) is 1.65. The number of nitrogens with one attached hydrogen (secondary N) is 1. The molecule has 0 aliphatic carbocycles. The minimum Gasteiger partial charge on any atom is -0.328 e. The number of carbonyl (C=O) groups is 1. The van der Waals surface area contributed by atoms with Gasteiger partial charge in [-0.2, -0.15) is 4.98 Å². The zero-order valence-electron chi connectivity index (χ0n) is 8.28. The fourth-order valence-electron chi connectivity index (χ4n) is 1.19. The van der Waals surface area contributed by atoms with Crippen LogP contribution in [0.1, 0.15) is 10.7 Å². The Morgan fingerprint density at radius 3 is 2.59 bits per heavy atom. The Morgan fingerprint density at radius 1 is 1.35 bits per heavy atom. The van der Waals surface area contributed by atoms with Gasteiger partial charge in [0.25, 0.3) is 0 Å². The summed E-state index contributed by atoms with van der Waals surface area (Å²) >= 11 is 11.9. The molecular formula is C9H6Cl2N4O2. The van der Waals surface area contributed by atoms with Crippen molar-refractivity contribution in [1.82, 2.24) is 15.6 Å². The number of nitrogens with zero attached hydrogens (tertiary/aromatic N) is 2. The molecule has 1 heterocycles. The van der Waals surface area contributed by atoms with E-state index in [9.17, 15) is 4.79 Å². The van der Waals surface area contributed by atoms with E-state index in [2.05, 4.69) is 10.1 Å². The summed E-state index contributed by atoms with van der Waals surface area (Å²) in [5.41, 5.74) is 2.27. The lowest BCUT2D eigenvalue weighted by molar-refractivity contribution is 0.0910. The lowest BCUT2D eigenvalue weighted by Crippen LogP contribution is -2.30. The third kappa shape index (κ3) is 2.23. The van der Waals surface area contributed by atoms with E-state index in [1.807, 2.05) is 5.43 Å². The molecule has 0 saturated carbocycles. The molecule has 0 saturated heterocycles. The van der Waals surface area contributed by atoms with Gasteiger partial charge in [-0.1, -0.05) is 34.4 Å². The maximum atomic E-state index is 11.1. The van der Waals surface area contributed by atoms with Crippen molar-refractivity contribution in [1.29, 1.82) is 0 Å². The topological polar surface area (TPSA) is 94.0 Å². The van der Waals surface area contributed by atoms with Gasteiger partial charge in [0.05, 0.1) is 15.6 Å².